The second kappa shape index (κ2) is 2.26. The van der Waals surface area contributed by atoms with E-state index in [0.29, 0.717) is 0 Å². The third-order valence-electron chi connectivity index (χ3n) is 0.847. The normalized spacial score (nSPS) is 9.20. The Labute approximate surface area is 55.5 Å². The van der Waals surface area contributed by atoms with Crippen molar-refractivity contribution in [1.82, 2.24) is 5.10 Å². The lowest BCUT2D eigenvalue weighted by Gasteiger charge is -1.87. The Morgan fingerprint density at radius 2 is 2.40 bits per heavy atom. The highest BCUT2D eigenvalue weighted by atomic mass is 16.6. The van der Waals surface area contributed by atoms with Crippen molar-refractivity contribution in [3.05, 3.63) is 33.7 Å². The maximum Gasteiger partial charge on any atom is 0.437 e. The van der Waals surface area contributed by atoms with E-state index in [1.54, 1.807) is 0 Å². The van der Waals surface area contributed by atoms with Crippen LogP contribution in [0.2, 0.25) is 0 Å². The zero-order chi connectivity index (χ0) is 7.56. The summed E-state index contributed by atoms with van der Waals surface area (Å²) in [6.07, 6.45) is 1.08. The summed E-state index contributed by atoms with van der Waals surface area (Å²) in [5.41, 5.74) is 0. The van der Waals surface area contributed by atoms with E-state index < -0.39 is 10.7 Å². The number of aromatic nitrogens is 2. The Bertz CT molecular complexity index is 262. The van der Waals surface area contributed by atoms with Gasteiger partial charge in [0.2, 0.25) is 11.3 Å². The fraction of sp³-hybridized carbons (Fsp3) is 0. The predicted octanol–water partition coefficient (Wildman–Crippen LogP) is -0.377. The van der Waals surface area contributed by atoms with Crippen molar-refractivity contribution in [1.29, 1.82) is 0 Å². The highest BCUT2D eigenvalue weighted by Gasteiger charge is 2.10. The van der Waals surface area contributed by atoms with E-state index in [-0.39, 0.29) is 4.85 Å². The van der Waals surface area contributed by atoms with Crippen molar-refractivity contribution in [3.63, 3.8) is 0 Å². The zero-order valence-electron chi connectivity index (χ0n) is 4.80. The summed E-state index contributed by atoms with van der Waals surface area (Å²) in [6.45, 7) is 0. The van der Waals surface area contributed by atoms with Crippen LogP contribution >= 0.6 is 0 Å². The molecule has 1 heterocycles. The highest BCUT2D eigenvalue weighted by Crippen LogP contribution is 1.98. The first-order valence-corrected chi connectivity index (χ1v) is 2.41. The fourth-order valence-corrected chi connectivity index (χ4v) is 0.468. The molecule has 0 amide bonds. The van der Waals surface area contributed by atoms with Crippen LogP contribution in [0.25, 0.3) is 0 Å². The molecule has 6 heteroatoms. The molecule has 0 aliphatic rings. The summed E-state index contributed by atoms with van der Waals surface area (Å²) in [4.78, 5) is 9.35. The second-order valence-corrected chi connectivity index (χ2v) is 1.53. The van der Waals surface area contributed by atoms with E-state index in [4.69, 9.17) is 0 Å². The number of hydrogen-bond acceptors (Lipinski definition) is 4. The topological polar surface area (TPSA) is 83.0 Å². The van der Waals surface area contributed by atoms with Gasteiger partial charge in [0, 0.05) is 17.0 Å². The van der Waals surface area contributed by atoms with Crippen LogP contribution in [0.3, 0.4) is 0 Å². The minimum atomic E-state index is -0.728. The maximum absolute atomic E-state index is 10.3. The fourth-order valence-electron chi connectivity index (χ4n) is 0.468. The first-order valence-electron chi connectivity index (χ1n) is 2.41. The van der Waals surface area contributed by atoms with Crippen molar-refractivity contribution >= 4 is 5.82 Å². The molecule has 1 aromatic rings. The lowest BCUT2D eigenvalue weighted by molar-refractivity contribution is -0.674. The Balaban J connectivity index is 3.07. The molecule has 1 rings (SSSR count). The van der Waals surface area contributed by atoms with E-state index in [9.17, 15) is 15.3 Å². The van der Waals surface area contributed by atoms with Crippen molar-refractivity contribution < 1.29 is 9.77 Å². The zero-order valence-corrected chi connectivity index (χ0v) is 4.80. The lowest BCUT2D eigenvalue weighted by atomic mass is 10.5. The monoisotopic (exact) mass is 141 g/mol. The van der Waals surface area contributed by atoms with Crippen molar-refractivity contribution in [3.8, 4) is 0 Å². The molecular weight excluding hydrogens is 138 g/mol. The minimum Gasteiger partial charge on any atom is -0.576 e. The van der Waals surface area contributed by atoms with E-state index in [0.717, 1.165) is 12.3 Å². The van der Waals surface area contributed by atoms with E-state index in [2.05, 4.69) is 5.10 Å². The summed E-state index contributed by atoms with van der Waals surface area (Å²) < 4.78 is 0. The molecule has 10 heavy (non-hydrogen) atoms. The summed E-state index contributed by atoms with van der Waals surface area (Å²) in [6, 6.07) is 2.41. The van der Waals surface area contributed by atoms with E-state index in [1.165, 1.54) is 6.07 Å². The average molecular weight is 141 g/mol. The SMILES string of the molecule is O=[N+]([O-])c1ccc[n+]([O-])n1. The van der Waals surface area contributed by atoms with Gasteiger partial charge in [-0.25, -0.2) is 0 Å². The Hall–Kier alpha value is -1.72. The molecule has 0 spiro atoms. The second-order valence-electron chi connectivity index (χ2n) is 1.53. The molecule has 52 valence electrons. The molecule has 0 aliphatic carbocycles. The van der Waals surface area contributed by atoms with Gasteiger partial charge < -0.3 is 15.3 Å². The van der Waals surface area contributed by atoms with Crippen LogP contribution in [0.15, 0.2) is 18.3 Å². The van der Waals surface area contributed by atoms with Gasteiger partial charge in [-0.2, -0.15) is 0 Å². The smallest absolute Gasteiger partial charge is 0.437 e. The first-order chi connectivity index (χ1) is 4.70. The molecule has 0 unspecified atom stereocenters. The molecule has 0 radical (unpaired) electrons. The molecule has 0 saturated carbocycles. The van der Waals surface area contributed by atoms with Crippen LogP contribution in [0.4, 0.5) is 5.82 Å². The molecule has 0 saturated heterocycles. The van der Waals surface area contributed by atoms with Crippen LogP contribution < -0.4 is 4.85 Å². The first kappa shape index (κ1) is 6.40. The van der Waals surface area contributed by atoms with Gasteiger partial charge >= 0.3 is 5.82 Å². The van der Waals surface area contributed by atoms with Crippen molar-refractivity contribution in [2.24, 2.45) is 0 Å². The molecule has 0 aliphatic heterocycles. The van der Waals surface area contributed by atoms with Crippen LogP contribution in [-0.4, -0.2) is 10.0 Å². The third-order valence-corrected chi connectivity index (χ3v) is 0.847. The van der Waals surface area contributed by atoms with Gasteiger partial charge in [0.15, 0.2) is 0 Å². The van der Waals surface area contributed by atoms with Gasteiger partial charge in [-0.3, -0.25) is 0 Å². The molecule has 6 nitrogen and oxygen atoms in total. The van der Waals surface area contributed by atoms with Gasteiger partial charge in [0.1, 0.15) is 0 Å². The standard InChI is InChI=1S/C4H3N3O3/c8-6-3-1-2-4(5-6)7(9)10/h1-3H. The van der Waals surface area contributed by atoms with Crippen LogP contribution in [0.1, 0.15) is 0 Å². The quantitative estimate of drug-likeness (QED) is 0.231. The van der Waals surface area contributed by atoms with Crippen molar-refractivity contribution in [2.45, 2.75) is 0 Å². The minimum absolute atomic E-state index is 0.137. The number of nitrogens with zero attached hydrogens (tertiary/aromatic N) is 3. The molecule has 0 aromatic carbocycles. The number of rotatable bonds is 1. The number of nitro groups is 1. The summed E-state index contributed by atoms with van der Waals surface area (Å²) in [7, 11) is 0. The molecule has 0 N–H and O–H groups in total. The van der Waals surface area contributed by atoms with Gasteiger partial charge in [-0.15, -0.1) is 0 Å². The summed E-state index contributed by atoms with van der Waals surface area (Å²) in [5, 5.41) is 23.3. The Morgan fingerprint density at radius 1 is 1.70 bits per heavy atom. The number of hydrogen-bond donors (Lipinski definition) is 0. The van der Waals surface area contributed by atoms with E-state index in [1.807, 2.05) is 0 Å². The van der Waals surface area contributed by atoms with Crippen LogP contribution in [0, 0.1) is 15.3 Å². The third kappa shape index (κ3) is 1.16. The highest BCUT2D eigenvalue weighted by molar-refractivity contribution is 5.11. The summed E-state index contributed by atoms with van der Waals surface area (Å²) >= 11 is 0. The average Bonchev–Trinajstić information content (AvgIpc) is 1.88. The molecule has 0 bridgehead atoms. The van der Waals surface area contributed by atoms with Crippen LogP contribution in [-0.2, 0) is 0 Å². The summed E-state index contributed by atoms with van der Waals surface area (Å²) in [5.74, 6) is -0.447. The maximum atomic E-state index is 10.3. The molecular formula is C4H3N3O3. The predicted molar refractivity (Wildman–Crippen MR) is 29.9 cm³/mol. The molecule has 0 fully saturated rings. The molecule has 1 aromatic heterocycles. The Morgan fingerprint density at radius 3 is 2.80 bits per heavy atom. The van der Waals surface area contributed by atoms with Gasteiger partial charge in [0.05, 0.1) is 0 Å². The van der Waals surface area contributed by atoms with Crippen molar-refractivity contribution in [2.75, 3.05) is 0 Å². The van der Waals surface area contributed by atoms with E-state index >= 15 is 0 Å². The van der Waals surface area contributed by atoms with Gasteiger partial charge in [-0.1, -0.05) is 0 Å². The molecule has 0 atom stereocenters. The largest absolute Gasteiger partial charge is 0.576 e. The van der Waals surface area contributed by atoms with Gasteiger partial charge in [-0.05, 0) is 4.92 Å². The lowest BCUT2D eigenvalue weighted by Crippen LogP contribution is -2.30. The Kier molecular flexibility index (Phi) is 1.44. The van der Waals surface area contributed by atoms with Gasteiger partial charge in [0.25, 0.3) is 0 Å². The van der Waals surface area contributed by atoms with Crippen LogP contribution in [0.5, 0.6) is 0 Å².